The van der Waals surface area contributed by atoms with Crippen LogP contribution < -0.4 is 5.56 Å². The van der Waals surface area contributed by atoms with Gasteiger partial charge in [-0.2, -0.15) is 0 Å². The van der Waals surface area contributed by atoms with Crippen LogP contribution in [0.4, 0.5) is 0 Å². The summed E-state index contributed by atoms with van der Waals surface area (Å²) in [6.07, 6.45) is 4.47. The van der Waals surface area contributed by atoms with Crippen molar-refractivity contribution >= 4 is 27.5 Å². The maximum Gasteiger partial charge on any atom is 0.262 e. The highest BCUT2D eigenvalue weighted by atomic mass is 32.1. The Labute approximate surface area is 172 Å². The molecule has 7 heteroatoms. The van der Waals surface area contributed by atoms with Crippen molar-refractivity contribution in [2.24, 2.45) is 0 Å². The van der Waals surface area contributed by atoms with Gasteiger partial charge in [-0.3, -0.25) is 14.2 Å². The molecule has 0 radical (unpaired) electrons. The van der Waals surface area contributed by atoms with E-state index in [0.717, 1.165) is 51.2 Å². The van der Waals surface area contributed by atoms with E-state index >= 15 is 0 Å². The van der Waals surface area contributed by atoms with E-state index in [-0.39, 0.29) is 17.6 Å². The van der Waals surface area contributed by atoms with Crippen molar-refractivity contribution in [1.29, 1.82) is 0 Å². The van der Waals surface area contributed by atoms with Crippen LogP contribution in [-0.4, -0.2) is 39.6 Å². The highest BCUT2D eigenvalue weighted by Gasteiger charge is 2.28. The molecule has 5 rings (SSSR count). The van der Waals surface area contributed by atoms with Gasteiger partial charge in [-0.25, -0.2) is 4.98 Å². The molecular formula is C22H23N3O3S. The monoisotopic (exact) mass is 409 g/mol. The molecule has 1 fully saturated rings. The van der Waals surface area contributed by atoms with Gasteiger partial charge < -0.3 is 9.64 Å². The molecule has 150 valence electrons. The largest absolute Gasteiger partial charge is 0.376 e. The molecule has 3 aromatic rings. The Morgan fingerprint density at radius 1 is 1.34 bits per heavy atom. The van der Waals surface area contributed by atoms with Gasteiger partial charge in [0.15, 0.2) is 0 Å². The van der Waals surface area contributed by atoms with Crippen LogP contribution in [0.25, 0.3) is 10.2 Å². The van der Waals surface area contributed by atoms with Crippen LogP contribution in [0.1, 0.15) is 39.2 Å². The summed E-state index contributed by atoms with van der Waals surface area (Å²) >= 11 is 1.54. The molecule has 0 unspecified atom stereocenters. The van der Waals surface area contributed by atoms with Crippen LogP contribution in [0.3, 0.4) is 0 Å². The molecule has 2 aromatic heterocycles. The van der Waals surface area contributed by atoms with Gasteiger partial charge in [0.2, 0.25) is 0 Å². The van der Waals surface area contributed by atoms with E-state index < -0.39 is 0 Å². The first-order valence-electron chi connectivity index (χ1n) is 10.1. The van der Waals surface area contributed by atoms with Gasteiger partial charge in [-0.1, -0.05) is 18.2 Å². The number of carbonyl (C=O) groups excluding carboxylic acids is 1. The van der Waals surface area contributed by atoms with Crippen molar-refractivity contribution in [3.63, 3.8) is 0 Å². The molecule has 1 aromatic carbocycles. The lowest BCUT2D eigenvalue weighted by Crippen LogP contribution is -2.36. The van der Waals surface area contributed by atoms with Crippen LogP contribution in [0.15, 0.2) is 35.4 Å². The van der Waals surface area contributed by atoms with Crippen molar-refractivity contribution in [2.75, 3.05) is 13.2 Å². The lowest BCUT2D eigenvalue weighted by Gasteiger charge is -2.27. The summed E-state index contributed by atoms with van der Waals surface area (Å²) in [4.78, 5) is 34.4. The zero-order chi connectivity index (χ0) is 20.0. The molecular weight excluding hydrogens is 386 g/mol. The van der Waals surface area contributed by atoms with Crippen molar-refractivity contribution in [2.45, 2.75) is 45.4 Å². The van der Waals surface area contributed by atoms with Gasteiger partial charge in [0.25, 0.3) is 11.5 Å². The first kappa shape index (κ1) is 18.5. The van der Waals surface area contributed by atoms with Gasteiger partial charge in [0.1, 0.15) is 4.83 Å². The number of carbonyl (C=O) groups is 1. The van der Waals surface area contributed by atoms with E-state index in [1.54, 1.807) is 10.9 Å². The van der Waals surface area contributed by atoms with Gasteiger partial charge in [-0.15, -0.1) is 11.3 Å². The third-order valence-electron chi connectivity index (χ3n) is 5.91. The number of hydrogen-bond acceptors (Lipinski definition) is 5. The fraction of sp³-hybridized carbons (Fsp3) is 0.409. The highest BCUT2D eigenvalue weighted by molar-refractivity contribution is 7.18. The molecule has 2 aliphatic heterocycles. The first-order chi connectivity index (χ1) is 14.1. The minimum absolute atomic E-state index is 0.0154. The summed E-state index contributed by atoms with van der Waals surface area (Å²) < 4.78 is 7.37. The molecule has 1 saturated heterocycles. The average molecular weight is 410 g/mol. The van der Waals surface area contributed by atoms with Gasteiger partial charge >= 0.3 is 0 Å². The van der Waals surface area contributed by atoms with Crippen LogP contribution in [0, 0.1) is 6.92 Å². The number of hydrogen-bond donors (Lipinski definition) is 0. The first-order valence-corrected chi connectivity index (χ1v) is 10.9. The van der Waals surface area contributed by atoms with E-state index in [4.69, 9.17) is 4.74 Å². The second kappa shape index (κ2) is 7.39. The summed E-state index contributed by atoms with van der Waals surface area (Å²) in [5.41, 5.74) is 2.81. The molecule has 4 heterocycles. The SMILES string of the molecule is Cc1ccccc1C(=O)N1CCc2c(sc3ncn(C[C@@H]4CCCO4)c(=O)c23)C1. The fourth-order valence-corrected chi connectivity index (χ4v) is 5.51. The van der Waals surface area contributed by atoms with Gasteiger partial charge in [0.05, 0.1) is 30.9 Å². The van der Waals surface area contributed by atoms with E-state index in [0.29, 0.717) is 26.1 Å². The number of ether oxygens (including phenoxy) is 1. The second-order valence-corrected chi connectivity index (χ2v) is 8.90. The maximum absolute atomic E-state index is 13.1. The summed E-state index contributed by atoms with van der Waals surface area (Å²) in [6.45, 7) is 4.45. The Kier molecular flexibility index (Phi) is 4.72. The number of amides is 1. The quantitative estimate of drug-likeness (QED) is 0.667. The number of thiophene rings is 1. The number of rotatable bonds is 3. The predicted molar refractivity (Wildman–Crippen MR) is 112 cm³/mol. The molecule has 0 bridgehead atoms. The minimum Gasteiger partial charge on any atom is -0.376 e. The molecule has 29 heavy (non-hydrogen) atoms. The minimum atomic E-state index is 0.0154. The molecule has 0 aliphatic carbocycles. The van der Waals surface area contributed by atoms with Crippen LogP contribution in [-0.2, 0) is 24.2 Å². The molecule has 1 atom stereocenters. The highest BCUT2D eigenvalue weighted by Crippen LogP contribution is 2.33. The number of nitrogens with zero attached hydrogens (tertiary/aromatic N) is 3. The summed E-state index contributed by atoms with van der Waals surface area (Å²) in [5, 5.41) is 0.730. The number of aromatic nitrogens is 2. The Morgan fingerprint density at radius 3 is 3.00 bits per heavy atom. The average Bonchev–Trinajstić information content (AvgIpc) is 3.37. The van der Waals surface area contributed by atoms with Crippen molar-refractivity contribution < 1.29 is 9.53 Å². The third kappa shape index (κ3) is 3.28. The molecule has 2 aliphatic rings. The van der Waals surface area contributed by atoms with Gasteiger partial charge in [0, 0.05) is 23.6 Å². The second-order valence-electron chi connectivity index (χ2n) is 7.81. The zero-order valence-electron chi connectivity index (χ0n) is 16.4. The topological polar surface area (TPSA) is 64.4 Å². The predicted octanol–water partition coefficient (Wildman–Crippen LogP) is 3.14. The third-order valence-corrected chi connectivity index (χ3v) is 7.04. The van der Waals surface area contributed by atoms with Crippen molar-refractivity contribution in [3.8, 4) is 0 Å². The van der Waals surface area contributed by atoms with E-state index in [1.807, 2.05) is 36.1 Å². The molecule has 0 spiro atoms. The summed E-state index contributed by atoms with van der Waals surface area (Å²) in [7, 11) is 0. The number of aryl methyl sites for hydroxylation is 1. The van der Waals surface area contributed by atoms with E-state index in [1.165, 1.54) is 11.3 Å². The fourth-order valence-electron chi connectivity index (χ4n) is 4.31. The number of fused-ring (bicyclic) bond motifs is 3. The smallest absolute Gasteiger partial charge is 0.262 e. The van der Waals surface area contributed by atoms with Crippen LogP contribution in [0.2, 0.25) is 0 Å². The Hall–Kier alpha value is -2.51. The Bertz CT molecular complexity index is 1140. The van der Waals surface area contributed by atoms with Crippen molar-refractivity contribution in [1.82, 2.24) is 14.5 Å². The molecule has 0 N–H and O–H groups in total. The lowest BCUT2D eigenvalue weighted by atomic mass is 10.0. The Morgan fingerprint density at radius 2 is 2.21 bits per heavy atom. The zero-order valence-corrected chi connectivity index (χ0v) is 17.2. The Balaban J connectivity index is 1.45. The van der Waals surface area contributed by atoms with Crippen molar-refractivity contribution in [3.05, 3.63) is 62.5 Å². The molecule has 1 amide bonds. The lowest BCUT2D eigenvalue weighted by molar-refractivity contribution is 0.0736. The number of benzene rings is 1. The normalized spacial score (nSPS) is 18.9. The summed E-state index contributed by atoms with van der Waals surface area (Å²) in [6, 6.07) is 7.68. The maximum atomic E-state index is 13.1. The molecule has 0 saturated carbocycles. The molecule has 6 nitrogen and oxygen atoms in total. The van der Waals surface area contributed by atoms with Gasteiger partial charge in [-0.05, 0) is 43.4 Å². The summed E-state index contributed by atoms with van der Waals surface area (Å²) in [5.74, 6) is 0.0509. The van der Waals surface area contributed by atoms with E-state index in [9.17, 15) is 9.59 Å². The standard InChI is InChI=1S/C22H23N3O3S/c1-14-5-2-3-7-16(14)21(26)24-9-8-17-18(12-24)29-20-19(17)22(27)25(13-23-20)11-15-6-4-10-28-15/h2-3,5,7,13,15H,4,6,8-12H2,1H3/t15-/m0/s1. The van der Waals surface area contributed by atoms with Crippen LogP contribution in [0.5, 0.6) is 0 Å². The van der Waals surface area contributed by atoms with E-state index in [2.05, 4.69) is 4.98 Å². The van der Waals surface area contributed by atoms with Crippen LogP contribution >= 0.6 is 11.3 Å².